The Kier molecular flexibility index (Phi) is 12.6. The zero-order valence-electron chi connectivity index (χ0n) is 35.5. The standard InChI is InChI=1S/C50H46N2O10S2/c1-31(2)61-63(55,56)47-27-35(51-49(53)59-29-45-41-17-9-5-13-37(41)38-14-6-10-18-42(38)45)25-23-33(47)21-22-34-24-26-36(28-48(34)64(57,58)62-32(3)4)52-50(54)60-30-46-43-19-11-7-15-39(43)40-16-8-12-20-44(40)46/h5-28,31-32,45-46H,29-30H2,1-4H3,(H,51,53)(H,52,54)/b22-21+. The molecular weight excluding hydrogens is 853 g/mol. The molecule has 14 heteroatoms. The number of nitrogens with one attached hydrogen (secondary N) is 2. The minimum absolute atomic E-state index is 0.0497. The van der Waals surface area contributed by atoms with Crippen molar-refractivity contribution in [2.45, 2.75) is 61.5 Å². The van der Waals surface area contributed by atoms with Crippen molar-refractivity contribution in [2.24, 2.45) is 0 Å². The molecule has 0 saturated heterocycles. The van der Waals surface area contributed by atoms with E-state index in [4.69, 9.17) is 17.8 Å². The molecule has 0 spiro atoms. The Hall–Kier alpha value is -6.58. The molecule has 2 amide bonds. The maximum atomic E-state index is 13.6. The number of hydrogen-bond acceptors (Lipinski definition) is 10. The lowest BCUT2D eigenvalue weighted by Crippen LogP contribution is -2.19. The molecular formula is C50H46N2O10S2. The van der Waals surface area contributed by atoms with Crippen molar-refractivity contribution >= 4 is 55.9 Å². The molecule has 0 saturated carbocycles. The Labute approximate surface area is 373 Å². The lowest BCUT2D eigenvalue weighted by Gasteiger charge is -2.16. The SMILES string of the molecule is CC(C)OS(=O)(=O)c1cc(NC(=O)OCC2c3ccccc3-c3ccccc32)ccc1/C=C/c1ccc(NC(=O)OCC2c3ccccc3-c3ccccc32)cc1S(=O)(=O)OC(C)C. The normalized spacial score (nSPS) is 13.4. The molecule has 8 rings (SSSR count). The van der Waals surface area contributed by atoms with Crippen molar-refractivity contribution in [1.82, 2.24) is 0 Å². The molecule has 2 aliphatic carbocycles. The lowest BCUT2D eigenvalue weighted by molar-refractivity contribution is 0.157. The Morgan fingerprint density at radius 3 is 1.12 bits per heavy atom. The number of rotatable bonds is 14. The zero-order chi connectivity index (χ0) is 45.2. The number of anilines is 2. The van der Waals surface area contributed by atoms with Crippen molar-refractivity contribution in [2.75, 3.05) is 23.8 Å². The monoisotopic (exact) mass is 898 g/mol. The van der Waals surface area contributed by atoms with E-state index < -0.39 is 44.6 Å². The molecule has 0 unspecified atom stereocenters. The van der Waals surface area contributed by atoms with Gasteiger partial charge in [-0.25, -0.2) is 9.59 Å². The van der Waals surface area contributed by atoms with Crippen molar-refractivity contribution in [3.8, 4) is 22.3 Å². The number of amides is 2. The Balaban J connectivity index is 1.01. The van der Waals surface area contributed by atoms with Crippen molar-refractivity contribution in [3.63, 3.8) is 0 Å². The first kappa shape index (κ1) is 44.0. The van der Waals surface area contributed by atoms with Gasteiger partial charge in [0.2, 0.25) is 0 Å². The van der Waals surface area contributed by atoms with E-state index in [1.807, 2.05) is 97.1 Å². The fourth-order valence-corrected chi connectivity index (χ4v) is 10.8. The highest BCUT2D eigenvalue weighted by Crippen LogP contribution is 2.46. The third kappa shape index (κ3) is 9.36. The summed E-state index contributed by atoms with van der Waals surface area (Å²) in [6.45, 7) is 6.36. The number of carbonyl (C=O) groups is 2. The first-order chi connectivity index (χ1) is 30.7. The van der Waals surface area contributed by atoms with E-state index in [0.29, 0.717) is 0 Å². The van der Waals surface area contributed by atoms with Gasteiger partial charge in [-0.1, -0.05) is 121 Å². The van der Waals surface area contributed by atoms with Crippen LogP contribution in [0.3, 0.4) is 0 Å². The van der Waals surface area contributed by atoms with E-state index in [0.717, 1.165) is 44.5 Å². The van der Waals surface area contributed by atoms with Gasteiger partial charge in [0.05, 0.1) is 12.2 Å². The minimum atomic E-state index is -4.41. The molecule has 2 N–H and O–H groups in total. The quantitative estimate of drug-likeness (QED) is 0.0794. The third-order valence-corrected chi connectivity index (χ3v) is 13.9. The summed E-state index contributed by atoms with van der Waals surface area (Å²) in [6, 6.07) is 40.2. The summed E-state index contributed by atoms with van der Waals surface area (Å²) < 4.78 is 76.6. The Morgan fingerprint density at radius 2 is 0.812 bits per heavy atom. The number of benzene rings is 6. The average molecular weight is 899 g/mol. The van der Waals surface area contributed by atoms with Gasteiger partial charge in [-0.05, 0) is 108 Å². The molecule has 0 atom stereocenters. The van der Waals surface area contributed by atoms with Crippen LogP contribution in [0.15, 0.2) is 143 Å². The molecule has 328 valence electrons. The molecule has 2 aliphatic rings. The summed E-state index contributed by atoms with van der Waals surface area (Å²) in [6.07, 6.45) is -0.189. The number of hydrogen-bond donors (Lipinski definition) is 2. The van der Waals surface area contributed by atoms with Gasteiger partial charge >= 0.3 is 12.2 Å². The smallest absolute Gasteiger partial charge is 0.411 e. The molecule has 0 aliphatic heterocycles. The number of carbonyl (C=O) groups excluding carboxylic acids is 2. The second kappa shape index (κ2) is 18.3. The molecule has 6 aromatic rings. The lowest BCUT2D eigenvalue weighted by atomic mass is 9.98. The van der Waals surface area contributed by atoms with Crippen LogP contribution in [0.25, 0.3) is 34.4 Å². The maximum Gasteiger partial charge on any atom is 0.411 e. The summed E-state index contributed by atoms with van der Waals surface area (Å²) in [5, 5.41) is 5.27. The van der Waals surface area contributed by atoms with Gasteiger partial charge in [0.25, 0.3) is 20.2 Å². The summed E-state index contributed by atoms with van der Waals surface area (Å²) in [7, 11) is -8.82. The number of fused-ring (bicyclic) bond motifs is 6. The van der Waals surface area contributed by atoms with Crippen LogP contribution in [0.4, 0.5) is 21.0 Å². The molecule has 64 heavy (non-hydrogen) atoms. The van der Waals surface area contributed by atoms with Crippen molar-refractivity contribution in [1.29, 1.82) is 0 Å². The predicted octanol–water partition coefficient (Wildman–Crippen LogP) is 10.8. The van der Waals surface area contributed by atoms with Gasteiger partial charge in [0.1, 0.15) is 23.0 Å². The third-order valence-electron chi connectivity index (χ3n) is 10.8. The fraction of sp³-hybridized carbons (Fsp3) is 0.200. The molecule has 6 aromatic carbocycles. The number of ether oxygens (including phenoxy) is 2. The molecule has 0 aromatic heterocycles. The predicted molar refractivity (Wildman–Crippen MR) is 246 cm³/mol. The topological polar surface area (TPSA) is 163 Å². The van der Waals surface area contributed by atoms with Crippen LogP contribution in [0, 0.1) is 0 Å². The molecule has 0 fully saturated rings. The first-order valence-electron chi connectivity index (χ1n) is 20.8. The second-order valence-corrected chi connectivity index (χ2v) is 19.0. The molecule has 0 radical (unpaired) electrons. The zero-order valence-corrected chi connectivity index (χ0v) is 37.1. The van der Waals surface area contributed by atoms with Crippen molar-refractivity contribution < 1.29 is 44.3 Å². The summed E-state index contributed by atoms with van der Waals surface area (Å²) in [5.41, 5.74) is 8.99. The highest BCUT2D eigenvalue weighted by molar-refractivity contribution is 7.87. The largest absolute Gasteiger partial charge is 0.448 e. The van der Waals surface area contributed by atoms with Crippen LogP contribution in [-0.2, 0) is 38.1 Å². The summed E-state index contributed by atoms with van der Waals surface area (Å²) in [5.74, 6) is -0.364. The van der Waals surface area contributed by atoms with E-state index >= 15 is 0 Å². The van der Waals surface area contributed by atoms with Gasteiger partial charge in [0, 0.05) is 23.2 Å². The van der Waals surface area contributed by atoms with Crippen LogP contribution in [0.5, 0.6) is 0 Å². The molecule has 0 heterocycles. The van der Waals surface area contributed by atoms with Gasteiger partial charge in [0.15, 0.2) is 0 Å². The molecule has 0 bridgehead atoms. The van der Waals surface area contributed by atoms with E-state index in [1.165, 1.54) is 48.6 Å². The van der Waals surface area contributed by atoms with Crippen LogP contribution in [-0.4, -0.2) is 54.4 Å². The summed E-state index contributed by atoms with van der Waals surface area (Å²) >= 11 is 0. The van der Waals surface area contributed by atoms with Crippen LogP contribution >= 0.6 is 0 Å². The van der Waals surface area contributed by atoms with Crippen LogP contribution < -0.4 is 10.6 Å². The first-order valence-corrected chi connectivity index (χ1v) is 23.6. The molecule has 12 nitrogen and oxygen atoms in total. The van der Waals surface area contributed by atoms with E-state index in [9.17, 15) is 26.4 Å². The minimum Gasteiger partial charge on any atom is -0.448 e. The van der Waals surface area contributed by atoms with Crippen LogP contribution in [0.1, 0.15) is 72.9 Å². The van der Waals surface area contributed by atoms with Gasteiger partial charge in [-0.2, -0.15) is 16.8 Å². The van der Waals surface area contributed by atoms with Crippen LogP contribution in [0.2, 0.25) is 0 Å². The van der Waals surface area contributed by atoms with Gasteiger partial charge in [-0.3, -0.25) is 19.0 Å². The highest BCUT2D eigenvalue weighted by atomic mass is 32.2. The Morgan fingerprint density at radius 1 is 0.500 bits per heavy atom. The highest BCUT2D eigenvalue weighted by Gasteiger charge is 2.31. The van der Waals surface area contributed by atoms with E-state index in [1.54, 1.807) is 27.7 Å². The summed E-state index contributed by atoms with van der Waals surface area (Å²) in [4.78, 5) is 25.8. The van der Waals surface area contributed by atoms with E-state index in [2.05, 4.69) is 10.6 Å². The van der Waals surface area contributed by atoms with Gasteiger partial charge in [-0.15, -0.1) is 0 Å². The second-order valence-electron chi connectivity index (χ2n) is 15.9. The Bertz CT molecular complexity index is 2720. The fourth-order valence-electron chi connectivity index (χ4n) is 8.23. The maximum absolute atomic E-state index is 13.6. The van der Waals surface area contributed by atoms with Gasteiger partial charge < -0.3 is 9.47 Å². The van der Waals surface area contributed by atoms with Crippen molar-refractivity contribution in [3.05, 3.63) is 167 Å². The average Bonchev–Trinajstić information content (AvgIpc) is 3.76. The van der Waals surface area contributed by atoms with E-state index in [-0.39, 0.29) is 57.3 Å².